The highest BCUT2D eigenvalue weighted by molar-refractivity contribution is 5.17. The first-order valence-electron chi connectivity index (χ1n) is 3.07. The first kappa shape index (κ1) is 6.36. The van der Waals surface area contributed by atoms with Gasteiger partial charge in [-0.15, -0.1) is 0 Å². The van der Waals surface area contributed by atoms with Gasteiger partial charge in [0.2, 0.25) is 0 Å². The van der Waals surface area contributed by atoms with E-state index in [9.17, 15) is 0 Å². The summed E-state index contributed by atoms with van der Waals surface area (Å²) in [4.78, 5) is 0. The molecule has 0 aromatic carbocycles. The zero-order chi connectivity index (χ0) is 6.69. The number of hydrogen-bond acceptors (Lipinski definition) is 2. The van der Waals surface area contributed by atoms with Crippen molar-refractivity contribution in [2.75, 3.05) is 7.05 Å². The summed E-state index contributed by atoms with van der Waals surface area (Å²) in [6.07, 6.45) is 6.49. The van der Waals surface area contributed by atoms with Crippen molar-refractivity contribution < 1.29 is 5.11 Å². The van der Waals surface area contributed by atoms with Crippen LogP contribution in [0.2, 0.25) is 0 Å². The van der Waals surface area contributed by atoms with E-state index >= 15 is 0 Å². The molecule has 1 rings (SSSR count). The van der Waals surface area contributed by atoms with Crippen LogP contribution in [-0.2, 0) is 0 Å². The molecule has 0 bridgehead atoms. The van der Waals surface area contributed by atoms with Crippen molar-refractivity contribution in [3.63, 3.8) is 0 Å². The van der Waals surface area contributed by atoms with E-state index in [1.165, 1.54) is 0 Å². The van der Waals surface area contributed by atoms with Gasteiger partial charge >= 0.3 is 0 Å². The predicted octanol–water partition coefficient (Wildman–Crippen LogP) is 0.976. The average molecular weight is 125 g/mol. The van der Waals surface area contributed by atoms with Gasteiger partial charge < -0.3 is 10.4 Å². The van der Waals surface area contributed by atoms with Crippen molar-refractivity contribution in [2.24, 2.45) is 0 Å². The Balaban J connectivity index is 2.59. The third-order valence-electron chi connectivity index (χ3n) is 1.48. The molecule has 2 heteroatoms. The zero-order valence-corrected chi connectivity index (χ0v) is 5.46. The van der Waals surface area contributed by atoms with Crippen LogP contribution in [0.3, 0.4) is 0 Å². The molecule has 0 spiro atoms. The molecule has 0 heterocycles. The lowest BCUT2D eigenvalue weighted by Gasteiger charge is -2.14. The van der Waals surface area contributed by atoms with Gasteiger partial charge in [0.05, 0.1) is 6.04 Å². The van der Waals surface area contributed by atoms with Crippen molar-refractivity contribution in [1.82, 2.24) is 5.32 Å². The normalized spacial score (nSPS) is 25.9. The standard InChI is InChI=1S/C7H11NO/c1-8-6-4-2-3-5-7(6)9/h2-3,5-6,8-9H,4H2,1H3. The molecule has 9 heavy (non-hydrogen) atoms. The number of rotatable bonds is 1. The molecule has 50 valence electrons. The minimum Gasteiger partial charge on any atom is -0.511 e. The lowest BCUT2D eigenvalue weighted by atomic mass is 10.1. The topological polar surface area (TPSA) is 32.3 Å². The maximum Gasteiger partial charge on any atom is 0.109 e. The highest BCUT2D eigenvalue weighted by atomic mass is 16.3. The monoisotopic (exact) mass is 125 g/mol. The summed E-state index contributed by atoms with van der Waals surface area (Å²) in [5, 5.41) is 12.1. The van der Waals surface area contributed by atoms with Crippen LogP contribution in [0.15, 0.2) is 24.0 Å². The molecule has 0 saturated heterocycles. The third-order valence-corrected chi connectivity index (χ3v) is 1.48. The van der Waals surface area contributed by atoms with Crippen molar-refractivity contribution in [3.8, 4) is 0 Å². The van der Waals surface area contributed by atoms with E-state index < -0.39 is 0 Å². The number of likely N-dealkylation sites (N-methyl/N-ethyl adjacent to an activating group) is 1. The number of aliphatic hydroxyl groups excluding tert-OH is 1. The fourth-order valence-electron chi connectivity index (χ4n) is 0.884. The van der Waals surface area contributed by atoms with Gasteiger partial charge in [0.25, 0.3) is 0 Å². The van der Waals surface area contributed by atoms with Gasteiger partial charge in [0.15, 0.2) is 0 Å². The maximum absolute atomic E-state index is 9.12. The number of hydrogen-bond donors (Lipinski definition) is 2. The molecule has 1 atom stereocenters. The Morgan fingerprint density at radius 3 is 3.00 bits per heavy atom. The van der Waals surface area contributed by atoms with Crippen LogP contribution in [0.4, 0.5) is 0 Å². The minimum atomic E-state index is 0.134. The molecule has 0 aromatic heterocycles. The Kier molecular flexibility index (Phi) is 1.90. The summed E-state index contributed by atoms with van der Waals surface area (Å²) in [5.41, 5.74) is 0. The van der Waals surface area contributed by atoms with Crippen LogP contribution in [0, 0.1) is 0 Å². The second-order valence-electron chi connectivity index (χ2n) is 2.10. The van der Waals surface area contributed by atoms with E-state index in [4.69, 9.17) is 5.11 Å². The summed E-state index contributed by atoms with van der Waals surface area (Å²) >= 11 is 0. The largest absolute Gasteiger partial charge is 0.511 e. The van der Waals surface area contributed by atoms with Gasteiger partial charge in [-0.3, -0.25) is 0 Å². The molecule has 0 amide bonds. The molecule has 0 fully saturated rings. The lowest BCUT2D eigenvalue weighted by Crippen LogP contribution is -2.27. The van der Waals surface area contributed by atoms with E-state index in [0.717, 1.165) is 6.42 Å². The van der Waals surface area contributed by atoms with Gasteiger partial charge in [-0.1, -0.05) is 12.2 Å². The highest BCUT2D eigenvalue weighted by Crippen LogP contribution is 2.08. The fraction of sp³-hybridized carbons (Fsp3) is 0.429. The van der Waals surface area contributed by atoms with Crippen molar-refractivity contribution in [3.05, 3.63) is 24.0 Å². The van der Waals surface area contributed by atoms with Crippen LogP contribution in [0.25, 0.3) is 0 Å². The van der Waals surface area contributed by atoms with Crippen LogP contribution < -0.4 is 5.32 Å². The Hall–Kier alpha value is -0.760. The second kappa shape index (κ2) is 2.69. The van der Waals surface area contributed by atoms with Crippen molar-refractivity contribution in [2.45, 2.75) is 12.5 Å². The molecular formula is C7H11NO. The van der Waals surface area contributed by atoms with Crippen LogP contribution in [-0.4, -0.2) is 18.2 Å². The quantitative estimate of drug-likeness (QED) is 0.547. The zero-order valence-electron chi connectivity index (χ0n) is 5.46. The third kappa shape index (κ3) is 1.33. The maximum atomic E-state index is 9.12. The van der Waals surface area contributed by atoms with Crippen molar-refractivity contribution >= 4 is 0 Å². The van der Waals surface area contributed by atoms with Gasteiger partial charge in [-0.05, 0) is 19.5 Å². The number of allylic oxidation sites excluding steroid dienone is 2. The summed E-state index contributed by atoms with van der Waals surface area (Å²) in [6.45, 7) is 0. The molecule has 1 aliphatic carbocycles. The Bertz CT molecular complexity index is 149. The van der Waals surface area contributed by atoms with Gasteiger partial charge in [0, 0.05) is 0 Å². The Morgan fingerprint density at radius 1 is 1.78 bits per heavy atom. The summed E-state index contributed by atoms with van der Waals surface area (Å²) in [5.74, 6) is 0.431. The molecule has 0 radical (unpaired) electrons. The van der Waals surface area contributed by atoms with Crippen LogP contribution in [0.5, 0.6) is 0 Å². The van der Waals surface area contributed by atoms with Gasteiger partial charge in [0.1, 0.15) is 5.76 Å². The summed E-state index contributed by atoms with van der Waals surface area (Å²) in [6, 6.07) is 0.134. The van der Waals surface area contributed by atoms with Gasteiger partial charge in [-0.25, -0.2) is 0 Å². The molecule has 2 nitrogen and oxygen atoms in total. The smallest absolute Gasteiger partial charge is 0.109 e. The fourth-order valence-corrected chi connectivity index (χ4v) is 0.884. The average Bonchev–Trinajstić information content (AvgIpc) is 1.89. The first-order chi connectivity index (χ1) is 4.34. The molecule has 0 aliphatic heterocycles. The predicted molar refractivity (Wildman–Crippen MR) is 37.3 cm³/mol. The summed E-state index contributed by atoms with van der Waals surface area (Å²) in [7, 11) is 1.84. The molecule has 1 aliphatic rings. The van der Waals surface area contributed by atoms with Gasteiger partial charge in [-0.2, -0.15) is 0 Å². The van der Waals surface area contributed by atoms with Crippen molar-refractivity contribution in [1.29, 1.82) is 0 Å². The molecular weight excluding hydrogens is 114 g/mol. The highest BCUT2D eigenvalue weighted by Gasteiger charge is 2.09. The number of aliphatic hydroxyl groups is 1. The molecule has 2 N–H and O–H groups in total. The van der Waals surface area contributed by atoms with E-state index in [-0.39, 0.29) is 6.04 Å². The first-order valence-corrected chi connectivity index (χ1v) is 3.07. The minimum absolute atomic E-state index is 0.134. The molecule has 0 aromatic rings. The Morgan fingerprint density at radius 2 is 2.56 bits per heavy atom. The van der Waals surface area contributed by atoms with E-state index in [1.807, 2.05) is 19.2 Å². The Labute approximate surface area is 54.9 Å². The SMILES string of the molecule is CNC1CC=CC=C1O. The molecule has 0 saturated carbocycles. The lowest BCUT2D eigenvalue weighted by molar-refractivity contribution is 0.346. The van der Waals surface area contributed by atoms with E-state index in [1.54, 1.807) is 6.08 Å². The molecule has 1 unspecified atom stereocenters. The van der Waals surface area contributed by atoms with Crippen LogP contribution >= 0.6 is 0 Å². The summed E-state index contributed by atoms with van der Waals surface area (Å²) < 4.78 is 0. The number of nitrogens with one attached hydrogen (secondary N) is 1. The van der Waals surface area contributed by atoms with E-state index in [2.05, 4.69) is 5.32 Å². The second-order valence-corrected chi connectivity index (χ2v) is 2.10. The van der Waals surface area contributed by atoms with E-state index in [0.29, 0.717) is 5.76 Å². The van der Waals surface area contributed by atoms with Crippen LogP contribution in [0.1, 0.15) is 6.42 Å².